The van der Waals surface area contributed by atoms with E-state index in [-0.39, 0.29) is 6.04 Å². The molecule has 2 N–H and O–H groups in total. The summed E-state index contributed by atoms with van der Waals surface area (Å²) in [4.78, 5) is 2.47. The van der Waals surface area contributed by atoms with Gasteiger partial charge in [-0.15, -0.1) is 11.3 Å². The lowest BCUT2D eigenvalue weighted by Gasteiger charge is -2.22. The maximum absolute atomic E-state index is 12.6. The normalized spacial score (nSPS) is 20.8. The zero-order valence-corrected chi connectivity index (χ0v) is 14.7. The van der Waals surface area contributed by atoms with Crippen molar-refractivity contribution in [3.63, 3.8) is 0 Å². The number of rotatable bonds is 6. The highest BCUT2D eigenvalue weighted by Gasteiger charge is 2.26. The number of hydrogen-bond donors (Lipinski definition) is 2. The molecule has 0 amide bonds. The highest BCUT2D eigenvalue weighted by molar-refractivity contribution is 7.99. The average molecular weight is 347 g/mol. The molecule has 2 heterocycles. The van der Waals surface area contributed by atoms with Crippen LogP contribution in [0.2, 0.25) is 0 Å². The quantitative estimate of drug-likeness (QED) is 0.831. The Hall–Kier alpha value is -0.0800. The molecule has 3 rings (SSSR count). The zero-order valence-electron chi connectivity index (χ0n) is 12.2. The first-order chi connectivity index (χ1) is 10.0. The van der Waals surface area contributed by atoms with E-state index in [4.69, 9.17) is 0 Å². The lowest BCUT2D eigenvalue weighted by Crippen LogP contribution is -2.37. The fourth-order valence-electron chi connectivity index (χ4n) is 2.51. The zero-order chi connectivity index (χ0) is 14.9. The average Bonchev–Trinajstić information content (AvgIpc) is 3.19. The van der Waals surface area contributed by atoms with E-state index >= 15 is 0 Å². The third-order valence-corrected chi connectivity index (χ3v) is 7.77. The summed E-state index contributed by atoms with van der Waals surface area (Å²) in [5.74, 6) is 2.10. The molecule has 1 aromatic rings. The van der Waals surface area contributed by atoms with Gasteiger partial charge in [-0.25, -0.2) is 13.1 Å². The van der Waals surface area contributed by atoms with Crippen LogP contribution in [-0.4, -0.2) is 32.0 Å². The first kappa shape index (κ1) is 15.8. The topological polar surface area (TPSA) is 58.2 Å². The van der Waals surface area contributed by atoms with Crippen LogP contribution in [0.1, 0.15) is 35.4 Å². The number of aryl methyl sites for hydroxylation is 1. The summed E-state index contributed by atoms with van der Waals surface area (Å²) < 4.78 is 28.0. The van der Waals surface area contributed by atoms with Crippen LogP contribution >= 0.6 is 23.1 Å². The number of nitrogens with one attached hydrogen (secondary N) is 2. The van der Waals surface area contributed by atoms with E-state index < -0.39 is 10.0 Å². The van der Waals surface area contributed by atoms with Crippen LogP contribution in [0.4, 0.5) is 0 Å². The van der Waals surface area contributed by atoms with Crippen LogP contribution in [0, 0.1) is 6.92 Å². The third kappa shape index (κ3) is 4.22. The molecule has 118 valence electrons. The number of thiophene rings is 1. The van der Waals surface area contributed by atoms with Gasteiger partial charge in [0.25, 0.3) is 0 Å². The Kier molecular flexibility index (Phi) is 4.95. The summed E-state index contributed by atoms with van der Waals surface area (Å²) in [5, 5.41) is 3.44. The van der Waals surface area contributed by atoms with Gasteiger partial charge in [-0.3, -0.25) is 0 Å². The molecule has 0 atom stereocenters. The van der Waals surface area contributed by atoms with Gasteiger partial charge >= 0.3 is 0 Å². The van der Waals surface area contributed by atoms with Crippen molar-refractivity contribution >= 4 is 33.1 Å². The second-order valence-electron chi connectivity index (χ2n) is 5.80. The van der Waals surface area contributed by atoms with E-state index in [1.165, 1.54) is 12.8 Å². The van der Waals surface area contributed by atoms with Gasteiger partial charge in [0.2, 0.25) is 10.0 Å². The molecular weight excluding hydrogens is 324 g/mol. The molecule has 2 fully saturated rings. The Labute approximate surface area is 135 Å². The highest BCUT2D eigenvalue weighted by atomic mass is 32.2. The van der Waals surface area contributed by atoms with Gasteiger partial charge < -0.3 is 5.32 Å². The molecule has 1 aliphatic carbocycles. The number of sulfonamides is 1. The predicted molar refractivity (Wildman–Crippen MR) is 89.6 cm³/mol. The van der Waals surface area contributed by atoms with Crippen LogP contribution in [0.25, 0.3) is 0 Å². The summed E-state index contributed by atoms with van der Waals surface area (Å²) in [7, 11) is -3.37. The molecule has 0 aromatic carbocycles. The molecule has 0 radical (unpaired) electrons. The van der Waals surface area contributed by atoms with E-state index in [1.807, 2.05) is 24.8 Å². The van der Waals surface area contributed by atoms with Gasteiger partial charge in [0.05, 0.1) is 4.90 Å². The van der Waals surface area contributed by atoms with Crippen molar-refractivity contribution in [2.24, 2.45) is 0 Å². The Balaban J connectivity index is 1.68. The lowest BCUT2D eigenvalue weighted by atomic mass is 10.2. The van der Waals surface area contributed by atoms with Gasteiger partial charge in [-0.2, -0.15) is 11.8 Å². The molecule has 0 spiro atoms. The van der Waals surface area contributed by atoms with Crippen LogP contribution in [0.15, 0.2) is 11.0 Å². The summed E-state index contributed by atoms with van der Waals surface area (Å²) in [6.07, 6.45) is 4.36. The monoisotopic (exact) mass is 346 g/mol. The lowest BCUT2D eigenvalue weighted by molar-refractivity contribution is 0.528. The predicted octanol–water partition coefficient (Wildman–Crippen LogP) is 2.48. The molecule has 0 bridgehead atoms. The smallest absolute Gasteiger partial charge is 0.241 e. The minimum Gasteiger partial charge on any atom is -0.309 e. The summed E-state index contributed by atoms with van der Waals surface area (Å²) >= 11 is 3.49. The maximum atomic E-state index is 12.6. The summed E-state index contributed by atoms with van der Waals surface area (Å²) in [6.45, 7) is 2.68. The van der Waals surface area contributed by atoms with Gasteiger partial charge in [0, 0.05) is 28.4 Å². The molecule has 2 aliphatic rings. The van der Waals surface area contributed by atoms with Crippen LogP contribution < -0.4 is 10.0 Å². The standard InChI is InChI=1S/C14H22N2O2S3/c1-10-14(8-13(20-10)9-15-11-2-3-11)21(17,18)16-12-4-6-19-7-5-12/h8,11-12,15-16H,2-7,9H2,1H3. The van der Waals surface area contributed by atoms with Crippen molar-refractivity contribution in [3.8, 4) is 0 Å². The SMILES string of the molecule is Cc1sc(CNC2CC2)cc1S(=O)(=O)NC1CCSCC1. The Morgan fingerprint density at radius 2 is 1.90 bits per heavy atom. The second-order valence-corrected chi connectivity index (χ2v) is 10.0. The molecule has 7 heteroatoms. The van der Waals surface area contributed by atoms with Crippen LogP contribution in [-0.2, 0) is 16.6 Å². The van der Waals surface area contributed by atoms with E-state index in [0.717, 1.165) is 40.6 Å². The van der Waals surface area contributed by atoms with Gasteiger partial charge in [-0.1, -0.05) is 0 Å². The first-order valence-corrected chi connectivity index (χ1v) is 10.9. The Bertz CT molecular complexity index is 587. The Morgan fingerprint density at radius 3 is 2.57 bits per heavy atom. The second kappa shape index (κ2) is 6.58. The van der Waals surface area contributed by atoms with Crippen molar-refractivity contribution in [2.75, 3.05) is 11.5 Å². The minimum atomic E-state index is -3.37. The highest BCUT2D eigenvalue weighted by Crippen LogP contribution is 2.28. The molecule has 1 saturated heterocycles. The molecule has 1 aromatic heterocycles. The maximum Gasteiger partial charge on any atom is 0.241 e. The molecule has 21 heavy (non-hydrogen) atoms. The molecule has 1 aliphatic heterocycles. The molecule has 4 nitrogen and oxygen atoms in total. The van der Waals surface area contributed by atoms with Gasteiger partial charge in [-0.05, 0) is 50.2 Å². The van der Waals surface area contributed by atoms with Crippen molar-refractivity contribution in [2.45, 2.75) is 56.1 Å². The van der Waals surface area contributed by atoms with E-state index in [0.29, 0.717) is 10.9 Å². The van der Waals surface area contributed by atoms with E-state index in [1.54, 1.807) is 11.3 Å². The third-order valence-electron chi connectivity index (χ3n) is 3.90. The number of hydrogen-bond acceptors (Lipinski definition) is 5. The minimum absolute atomic E-state index is 0.101. The number of thioether (sulfide) groups is 1. The van der Waals surface area contributed by atoms with Crippen LogP contribution in [0.3, 0.4) is 0 Å². The molecule has 1 saturated carbocycles. The van der Waals surface area contributed by atoms with Crippen molar-refractivity contribution in [1.82, 2.24) is 10.0 Å². The van der Waals surface area contributed by atoms with Crippen molar-refractivity contribution in [1.29, 1.82) is 0 Å². The summed E-state index contributed by atoms with van der Waals surface area (Å²) in [6, 6.07) is 2.59. The summed E-state index contributed by atoms with van der Waals surface area (Å²) in [5.41, 5.74) is 0. The van der Waals surface area contributed by atoms with E-state index in [9.17, 15) is 8.42 Å². The molecule has 0 unspecified atom stereocenters. The largest absolute Gasteiger partial charge is 0.309 e. The first-order valence-electron chi connectivity index (χ1n) is 7.47. The fourth-order valence-corrected chi connectivity index (χ4v) is 6.51. The van der Waals surface area contributed by atoms with Crippen molar-refractivity contribution < 1.29 is 8.42 Å². The van der Waals surface area contributed by atoms with Gasteiger partial charge in [0.15, 0.2) is 0 Å². The fraction of sp³-hybridized carbons (Fsp3) is 0.714. The van der Waals surface area contributed by atoms with Gasteiger partial charge in [0.1, 0.15) is 0 Å². The Morgan fingerprint density at radius 1 is 1.19 bits per heavy atom. The van der Waals surface area contributed by atoms with Crippen molar-refractivity contribution in [3.05, 3.63) is 15.8 Å². The van der Waals surface area contributed by atoms with Crippen LogP contribution in [0.5, 0.6) is 0 Å². The molecular formula is C14H22N2O2S3. The van der Waals surface area contributed by atoms with E-state index in [2.05, 4.69) is 10.0 Å².